The molecule has 0 radical (unpaired) electrons. The van der Waals surface area contributed by atoms with Crippen molar-refractivity contribution in [2.45, 2.75) is 0 Å². The van der Waals surface area contributed by atoms with E-state index in [2.05, 4.69) is 4.98 Å². The molecule has 2 heterocycles. The molecule has 2 aromatic rings. The van der Waals surface area contributed by atoms with E-state index in [9.17, 15) is 0 Å². The molecule has 0 bridgehead atoms. The van der Waals surface area contributed by atoms with Gasteiger partial charge in [0.2, 0.25) is 0 Å². The minimum absolute atomic E-state index is 0.0572. The van der Waals surface area contributed by atoms with Crippen molar-refractivity contribution in [3.05, 3.63) is 29.8 Å². The third kappa shape index (κ3) is 1.70. The number of anilines is 1. The highest BCUT2D eigenvalue weighted by Crippen LogP contribution is 2.36. The van der Waals surface area contributed by atoms with Gasteiger partial charge in [0, 0.05) is 12.1 Å². The second kappa shape index (κ2) is 4.48. The number of imidazole rings is 1. The molecule has 0 saturated heterocycles. The largest absolute Gasteiger partial charge is 0.486 e. The lowest BCUT2D eigenvalue weighted by Gasteiger charge is -2.20. The van der Waals surface area contributed by atoms with Gasteiger partial charge in [-0.1, -0.05) is 0 Å². The zero-order valence-electron chi connectivity index (χ0n) is 10.3. The predicted molar refractivity (Wildman–Crippen MR) is 68.4 cm³/mol. The number of rotatable bonds is 1. The predicted octanol–water partition coefficient (Wildman–Crippen LogP) is 0.969. The number of hydrogen-bond acceptors (Lipinski definition) is 6. The van der Waals surface area contributed by atoms with Gasteiger partial charge in [-0.2, -0.15) is 10.5 Å². The van der Waals surface area contributed by atoms with Gasteiger partial charge >= 0.3 is 0 Å². The van der Waals surface area contributed by atoms with Crippen molar-refractivity contribution in [2.24, 2.45) is 0 Å². The summed E-state index contributed by atoms with van der Waals surface area (Å²) in [5.41, 5.74) is 7.10. The van der Waals surface area contributed by atoms with Crippen molar-refractivity contribution in [1.82, 2.24) is 9.55 Å². The van der Waals surface area contributed by atoms with E-state index < -0.39 is 0 Å². The average Bonchev–Trinajstić information content (AvgIpc) is 2.89. The molecule has 0 aliphatic carbocycles. The molecule has 0 spiro atoms. The van der Waals surface area contributed by atoms with E-state index in [0.717, 1.165) is 0 Å². The van der Waals surface area contributed by atoms with E-state index in [1.165, 1.54) is 10.9 Å². The quantitative estimate of drug-likeness (QED) is 0.771. The number of fused-ring (bicyclic) bond motifs is 1. The number of nitrogen functional groups attached to an aromatic ring is 1. The van der Waals surface area contributed by atoms with Gasteiger partial charge in [0.25, 0.3) is 0 Å². The first-order valence-electron chi connectivity index (χ1n) is 5.81. The fraction of sp³-hybridized carbons (Fsp3) is 0.154. The van der Waals surface area contributed by atoms with Crippen LogP contribution in [0, 0.1) is 22.7 Å². The molecule has 7 heteroatoms. The second-order valence-electron chi connectivity index (χ2n) is 4.09. The summed E-state index contributed by atoms with van der Waals surface area (Å²) in [6, 6.07) is 7.13. The summed E-state index contributed by atoms with van der Waals surface area (Å²) in [5.74, 6) is 1.12. The van der Waals surface area contributed by atoms with E-state index in [1.54, 1.807) is 12.1 Å². The molecule has 0 unspecified atom stereocenters. The van der Waals surface area contributed by atoms with Gasteiger partial charge in [-0.05, 0) is 0 Å². The lowest BCUT2D eigenvalue weighted by Crippen LogP contribution is -2.16. The SMILES string of the molecule is N#Cc1ncn(-c2cc3c(cc2N)OCCO3)c1C#N. The monoisotopic (exact) mass is 267 g/mol. The molecule has 0 amide bonds. The number of ether oxygens (including phenoxy) is 2. The lowest BCUT2D eigenvalue weighted by atomic mass is 10.2. The molecule has 3 rings (SSSR count). The maximum Gasteiger partial charge on any atom is 0.177 e. The van der Waals surface area contributed by atoms with E-state index in [4.69, 9.17) is 25.7 Å². The molecular weight excluding hydrogens is 258 g/mol. The fourth-order valence-corrected chi connectivity index (χ4v) is 2.02. The number of hydrogen-bond donors (Lipinski definition) is 1. The molecule has 1 aliphatic heterocycles. The molecule has 2 N–H and O–H groups in total. The van der Waals surface area contributed by atoms with Gasteiger partial charge < -0.3 is 15.2 Å². The number of nitriles is 2. The van der Waals surface area contributed by atoms with Gasteiger partial charge in [-0.25, -0.2) is 4.98 Å². The Kier molecular flexibility index (Phi) is 2.66. The zero-order chi connectivity index (χ0) is 14.1. The van der Waals surface area contributed by atoms with Gasteiger partial charge in [-0.3, -0.25) is 4.57 Å². The minimum atomic E-state index is 0.0572. The van der Waals surface area contributed by atoms with Crippen LogP contribution in [0.25, 0.3) is 5.69 Å². The van der Waals surface area contributed by atoms with Crippen molar-refractivity contribution in [2.75, 3.05) is 18.9 Å². The summed E-state index contributed by atoms with van der Waals surface area (Å²) in [7, 11) is 0. The average molecular weight is 267 g/mol. The van der Waals surface area contributed by atoms with Crippen LogP contribution in [0.5, 0.6) is 11.5 Å². The van der Waals surface area contributed by atoms with Crippen LogP contribution >= 0.6 is 0 Å². The highest BCUT2D eigenvalue weighted by atomic mass is 16.6. The van der Waals surface area contributed by atoms with Crippen LogP contribution < -0.4 is 15.2 Å². The molecule has 0 atom stereocenters. The number of aromatic nitrogens is 2. The first kappa shape index (κ1) is 11.9. The van der Waals surface area contributed by atoms with Crippen LogP contribution in [0.4, 0.5) is 5.69 Å². The molecule has 1 aliphatic rings. The molecular formula is C13H9N5O2. The summed E-state index contributed by atoms with van der Waals surface area (Å²) in [4.78, 5) is 3.89. The van der Waals surface area contributed by atoms with Gasteiger partial charge in [0.05, 0.1) is 11.4 Å². The number of benzene rings is 1. The molecule has 1 aromatic heterocycles. The Morgan fingerprint density at radius 1 is 1.15 bits per heavy atom. The molecule has 1 aromatic carbocycles. The first-order valence-corrected chi connectivity index (χ1v) is 5.81. The Bertz CT molecular complexity index is 766. The minimum Gasteiger partial charge on any atom is -0.486 e. The topological polar surface area (TPSA) is 110 Å². The van der Waals surface area contributed by atoms with Crippen LogP contribution in [0.2, 0.25) is 0 Å². The lowest BCUT2D eigenvalue weighted by molar-refractivity contribution is 0.171. The smallest absolute Gasteiger partial charge is 0.177 e. The number of nitrogens with zero attached hydrogens (tertiary/aromatic N) is 4. The first-order chi connectivity index (χ1) is 9.74. The van der Waals surface area contributed by atoms with Crippen LogP contribution in [0.1, 0.15) is 11.4 Å². The maximum absolute atomic E-state index is 9.15. The van der Waals surface area contributed by atoms with Crippen molar-refractivity contribution >= 4 is 5.69 Å². The third-order valence-corrected chi connectivity index (χ3v) is 2.93. The highest BCUT2D eigenvalue weighted by molar-refractivity contribution is 5.67. The Morgan fingerprint density at radius 2 is 1.85 bits per heavy atom. The molecule has 20 heavy (non-hydrogen) atoms. The van der Waals surface area contributed by atoms with Crippen LogP contribution in [-0.2, 0) is 0 Å². The Labute approximate surface area is 114 Å². The highest BCUT2D eigenvalue weighted by Gasteiger charge is 2.18. The van der Waals surface area contributed by atoms with E-state index in [1.807, 2.05) is 12.1 Å². The zero-order valence-corrected chi connectivity index (χ0v) is 10.3. The molecule has 0 saturated carbocycles. The van der Waals surface area contributed by atoms with E-state index >= 15 is 0 Å². The fourth-order valence-electron chi connectivity index (χ4n) is 2.02. The van der Waals surface area contributed by atoms with Crippen molar-refractivity contribution in [3.8, 4) is 29.3 Å². The van der Waals surface area contributed by atoms with Gasteiger partial charge in [0.1, 0.15) is 31.7 Å². The van der Waals surface area contributed by atoms with Crippen molar-refractivity contribution in [3.63, 3.8) is 0 Å². The van der Waals surface area contributed by atoms with Crippen LogP contribution in [-0.4, -0.2) is 22.8 Å². The van der Waals surface area contributed by atoms with Crippen LogP contribution in [0.15, 0.2) is 18.5 Å². The number of nitrogens with two attached hydrogens (primary N) is 1. The molecule has 7 nitrogen and oxygen atoms in total. The summed E-state index contributed by atoms with van der Waals surface area (Å²) in [6.07, 6.45) is 1.39. The second-order valence-corrected chi connectivity index (χ2v) is 4.09. The Morgan fingerprint density at radius 3 is 2.50 bits per heavy atom. The van der Waals surface area contributed by atoms with Crippen molar-refractivity contribution in [1.29, 1.82) is 10.5 Å². The third-order valence-electron chi connectivity index (χ3n) is 2.93. The molecule has 0 fully saturated rings. The van der Waals surface area contributed by atoms with Crippen molar-refractivity contribution < 1.29 is 9.47 Å². The summed E-state index contributed by atoms with van der Waals surface area (Å²) < 4.78 is 12.4. The normalized spacial score (nSPS) is 12.5. The van der Waals surface area contributed by atoms with E-state index in [-0.39, 0.29) is 11.4 Å². The molecule has 98 valence electrons. The standard InChI is InChI=1S/C13H9N5O2/c14-5-9-11(6-15)18(7-17-9)10-4-13-12(3-8(10)16)19-1-2-20-13/h3-4,7H,1-2,16H2. The summed E-state index contributed by atoms with van der Waals surface area (Å²) in [5, 5.41) is 18.1. The maximum atomic E-state index is 9.15. The summed E-state index contributed by atoms with van der Waals surface area (Å²) in [6.45, 7) is 0.924. The summed E-state index contributed by atoms with van der Waals surface area (Å²) >= 11 is 0. The van der Waals surface area contributed by atoms with Crippen LogP contribution in [0.3, 0.4) is 0 Å². The Hall–Kier alpha value is -3.19. The van der Waals surface area contributed by atoms with Gasteiger partial charge in [0.15, 0.2) is 22.9 Å². The van der Waals surface area contributed by atoms with Gasteiger partial charge in [-0.15, -0.1) is 0 Å². The van der Waals surface area contributed by atoms with E-state index in [0.29, 0.717) is 36.1 Å². The Balaban J connectivity index is 2.18.